The van der Waals surface area contributed by atoms with E-state index in [1.54, 1.807) is 0 Å². The van der Waals surface area contributed by atoms with E-state index >= 15 is 0 Å². The first-order valence-corrected chi connectivity index (χ1v) is 8.66. The van der Waals surface area contributed by atoms with Gasteiger partial charge in [-0.05, 0) is 24.3 Å². The zero-order valence-electron chi connectivity index (χ0n) is 15.0. The maximum Gasteiger partial charge on any atom is 0.327 e. The van der Waals surface area contributed by atoms with Crippen molar-refractivity contribution < 1.29 is 19.7 Å². The molecule has 0 radical (unpaired) electrons. The summed E-state index contributed by atoms with van der Waals surface area (Å²) in [5, 5.41) is 31.6. The van der Waals surface area contributed by atoms with Crippen molar-refractivity contribution in [2.24, 2.45) is 0 Å². The summed E-state index contributed by atoms with van der Waals surface area (Å²) in [6.07, 6.45) is 6.22. The van der Waals surface area contributed by atoms with Crippen molar-refractivity contribution in [2.45, 2.75) is 58.3 Å². The summed E-state index contributed by atoms with van der Waals surface area (Å²) in [5.74, 6) is -1.18. The summed E-state index contributed by atoms with van der Waals surface area (Å²) < 4.78 is 0. The van der Waals surface area contributed by atoms with Crippen LogP contribution in [0.4, 0.5) is 11.4 Å². The molecule has 0 aliphatic heterocycles. The molecule has 0 heterocycles. The van der Waals surface area contributed by atoms with Crippen molar-refractivity contribution in [3.05, 3.63) is 55.6 Å². The van der Waals surface area contributed by atoms with Crippen LogP contribution in [-0.2, 0) is 11.2 Å². The van der Waals surface area contributed by atoms with Gasteiger partial charge >= 0.3 is 5.97 Å². The van der Waals surface area contributed by atoms with Crippen LogP contribution in [0.5, 0.6) is 0 Å². The van der Waals surface area contributed by atoms with Crippen LogP contribution < -0.4 is 0 Å². The Morgan fingerprint density at radius 3 is 2.12 bits per heavy atom. The van der Waals surface area contributed by atoms with Crippen molar-refractivity contribution in [2.75, 3.05) is 0 Å². The molecule has 0 spiro atoms. The van der Waals surface area contributed by atoms with Crippen LogP contribution in [0.25, 0.3) is 0 Å². The minimum absolute atomic E-state index is 0.0287. The lowest BCUT2D eigenvalue weighted by atomic mass is 9.88. The molecule has 0 aliphatic carbocycles. The number of allylic oxidation sites excluding steroid dienone is 1. The van der Waals surface area contributed by atoms with Crippen molar-refractivity contribution >= 4 is 17.3 Å². The fourth-order valence-corrected chi connectivity index (χ4v) is 2.99. The number of unbranched alkanes of at least 4 members (excludes halogenated alkanes) is 1. The first-order valence-electron chi connectivity index (χ1n) is 8.66. The Morgan fingerprint density at radius 1 is 1.12 bits per heavy atom. The Balaban J connectivity index is 3.45. The first kappa shape index (κ1) is 21.3. The molecule has 1 aromatic carbocycles. The van der Waals surface area contributed by atoms with E-state index in [0.29, 0.717) is 5.56 Å². The standard InChI is InChI=1S/C18H24N2O6/c1-3-5-8-13(7-4-2)14-11-16(19(23)24)15(9-6-10-18(21)22)17(12-14)20(25)26/h6,10-13H,3-5,7-9H2,1-2H3,(H,21,22)/b10-6+. The van der Waals surface area contributed by atoms with Gasteiger partial charge in [0.1, 0.15) is 5.56 Å². The zero-order chi connectivity index (χ0) is 19.7. The number of rotatable bonds is 11. The quantitative estimate of drug-likeness (QED) is 0.343. The molecule has 8 heteroatoms. The molecule has 0 aliphatic rings. The Morgan fingerprint density at radius 2 is 1.69 bits per heavy atom. The molecule has 1 rings (SSSR count). The number of benzene rings is 1. The summed E-state index contributed by atoms with van der Waals surface area (Å²) >= 11 is 0. The first-order chi connectivity index (χ1) is 12.3. The molecule has 142 valence electrons. The Labute approximate surface area is 151 Å². The molecular formula is C18H24N2O6. The highest BCUT2D eigenvalue weighted by atomic mass is 16.6. The summed E-state index contributed by atoms with van der Waals surface area (Å²) in [7, 11) is 0. The van der Waals surface area contributed by atoms with Crippen LogP contribution in [0.15, 0.2) is 24.3 Å². The monoisotopic (exact) mass is 364 g/mol. The second kappa shape index (κ2) is 10.3. The molecule has 26 heavy (non-hydrogen) atoms. The molecular weight excluding hydrogens is 340 g/mol. The molecule has 0 fully saturated rings. The van der Waals surface area contributed by atoms with Crippen LogP contribution in [0, 0.1) is 20.2 Å². The van der Waals surface area contributed by atoms with Gasteiger partial charge in [-0.3, -0.25) is 20.2 Å². The third kappa shape index (κ3) is 5.94. The molecule has 0 saturated heterocycles. The molecule has 0 aromatic heterocycles. The highest BCUT2D eigenvalue weighted by molar-refractivity contribution is 5.79. The Bertz CT molecular complexity index is 664. The van der Waals surface area contributed by atoms with Crippen LogP contribution in [0.3, 0.4) is 0 Å². The third-order valence-corrected chi connectivity index (χ3v) is 4.22. The zero-order valence-corrected chi connectivity index (χ0v) is 15.0. The van der Waals surface area contributed by atoms with Gasteiger partial charge in [-0.15, -0.1) is 0 Å². The van der Waals surface area contributed by atoms with Gasteiger partial charge in [0, 0.05) is 24.6 Å². The van der Waals surface area contributed by atoms with E-state index in [1.165, 1.54) is 18.2 Å². The lowest BCUT2D eigenvalue weighted by Gasteiger charge is -2.17. The fraction of sp³-hybridized carbons (Fsp3) is 0.500. The van der Waals surface area contributed by atoms with E-state index in [9.17, 15) is 25.0 Å². The Kier molecular flexibility index (Phi) is 8.41. The van der Waals surface area contributed by atoms with E-state index in [-0.39, 0.29) is 29.3 Å². The van der Waals surface area contributed by atoms with Gasteiger partial charge in [0.15, 0.2) is 0 Å². The van der Waals surface area contributed by atoms with Gasteiger partial charge in [0.25, 0.3) is 11.4 Å². The van der Waals surface area contributed by atoms with Crippen LogP contribution >= 0.6 is 0 Å². The third-order valence-electron chi connectivity index (χ3n) is 4.22. The molecule has 1 aromatic rings. The molecule has 1 unspecified atom stereocenters. The van der Waals surface area contributed by atoms with E-state index in [1.807, 2.05) is 13.8 Å². The molecule has 8 nitrogen and oxygen atoms in total. The van der Waals surface area contributed by atoms with Crippen molar-refractivity contribution in [1.29, 1.82) is 0 Å². The largest absolute Gasteiger partial charge is 0.478 e. The van der Waals surface area contributed by atoms with E-state index in [4.69, 9.17) is 5.11 Å². The highest BCUT2D eigenvalue weighted by Crippen LogP contribution is 2.37. The van der Waals surface area contributed by atoms with Gasteiger partial charge < -0.3 is 5.11 Å². The molecule has 0 saturated carbocycles. The minimum Gasteiger partial charge on any atom is -0.478 e. The lowest BCUT2D eigenvalue weighted by Crippen LogP contribution is -2.06. The van der Waals surface area contributed by atoms with Crippen molar-refractivity contribution in [3.63, 3.8) is 0 Å². The molecule has 1 atom stereocenters. The predicted octanol–water partition coefficient (Wildman–Crippen LogP) is 4.76. The number of hydrogen-bond acceptors (Lipinski definition) is 5. The molecule has 0 amide bonds. The van der Waals surface area contributed by atoms with E-state index in [0.717, 1.165) is 38.2 Å². The number of hydrogen-bond donors (Lipinski definition) is 1. The summed E-state index contributed by atoms with van der Waals surface area (Å²) in [6.45, 7) is 4.05. The SMILES string of the molecule is CCCCC(CCC)c1cc([N+](=O)[O-])c(C/C=C/C(=O)O)c([N+](=O)[O-])c1. The Hall–Kier alpha value is -2.77. The van der Waals surface area contributed by atoms with Gasteiger partial charge in [0.2, 0.25) is 0 Å². The maximum atomic E-state index is 11.5. The smallest absolute Gasteiger partial charge is 0.327 e. The van der Waals surface area contributed by atoms with Gasteiger partial charge in [0.05, 0.1) is 9.85 Å². The summed E-state index contributed by atoms with van der Waals surface area (Å²) in [6, 6.07) is 2.82. The molecule has 0 bridgehead atoms. The van der Waals surface area contributed by atoms with Gasteiger partial charge in [-0.2, -0.15) is 0 Å². The predicted molar refractivity (Wildman–Crippen MR) is 97.4 cm³/mol. The normalized spacial score (nSPS) is 12.2. The minimum atomic E-state index is -1.21. The number of carboxylic acids is 1. The van der Waals surface area contributed by atoms with Crippen LogP contribution in [-0.4, -0.2) is 20.9 Å². The fourth-order valence-electron chi connectivity index (χ4n) is 2.99. The van der Waals surface area contributed by atoms with Gasteiger partial charge in [-0.25, -0.2) is 4.79 Å². The van der Waals surface area contributed by atoms with Crippen molar-refractivity contribution in [3.8, 4) is 0 Å². The number of carboxylic acid groups (broad SMARTS) is 1. The lowest BCUT2D eigenvalue weighted by molar-refractivity contribution is -0.395. The van der Waals surface area contributed by atoms with Crippen LogP contribution in [0.2, 0.25) is 0 Å². The van der Waals surface area contributed by atoms with E-state index in [2.05, 4.69) is 0 Å². The highest BCUT2D eigenvalue weighted by Gasteiger charge is 2.27. The average molecular weight is 364 g/mol. The van der Waals surface area contributed by atoms with Gasteiger partial charge in [-0.1, -0.05) is 39.2 Å². The second-order valence-corrected chi connectivity index (χ2v) is 6.12. The second-order valence-electron chi connectivity index (χ2n) is 6.12. The number of nitrogens with zero attached hydrogens (tertiary/aromatic N) is 2. The molecule has 1 N–H and O–H groups in total. The average Bonchev–Trinajstić information content (AvgIpc) is 2.57. The maximum absolute atomic E-state index is 11.5. The van der Waals surface area contributed by atoms with Crippen LogP contribution in [0.1, 0.15) is 63.0 Å². The number of nitro benzene ring substituents is 2. The summed E-state index contributed by atoms with van der Waals surface area (Å²) in [4.78, 5) is 32.3. The van der Waals surface area contributed by atoms with E-state index < -0.39 is 15.8 Å². The topological polar surface area (TPSA) is 124 Å². The summed E-state index contributed by atoms with van der Waals surface area (Å²) in [5.41, 5.74) is -0.139. The number of carbonyl (C=O) groups is 1. The van der Waals surface area contributed by atoms with Crippen molar-refractivity contribution in [1.82, 2.24) is 0 Å². The number of aliphatic carboxylic acids is 1. The number of nitro groups is 2.